The SMILES string of the molecule is O=C(O)C(CCCc1ccccc1)CCc1ccc(Br)cc1. The molecule has 0 radical (unpaired) electrons. The first-order valence-corrected chi connectivity index (χ1v) is 8.45. The second-order valence-electron chi connectivity index (χ2n) is 5.58. The van der Waals surface area contributed by atoms with E-state index in [-0.39, 0.29) is 5.92 Å². The third kappa shape index (κ3) is 5.64. The molecular formula is C19H21BrO2. The van der Waals surface area contributed by atoms with Gasteiger partial charge in [0.1, 0.15) is 0 Å². The first-order chi connectivity index (χ1) is 10.6. The lowest BCUT2D eigenvalue weighted by Gasteiger charge is -2.12. The Labute approximate surface area is 140 Å². The normalized spacial score (nSPS) is 12.0. The molecule has 1 unspecified atom stereocenters. The van der Waals surface area contributed by atoms with Gasteiger partial charge in [-0.05, 0) is 55.4 Å². The molecule has 2 rings (SSSR count). The van der Waals surface area contributed by atoms with Gasteiger partial charge in [-0.25, -0.2) is 0 Å². The maximum atomic E-state index is 11.4. The van der Waals surface area contributed by atoms with Gasteiger partial charge >= 0.3 is 5.97 Å². The molecule has 0 saturated heterocycles. The van der Waals surface area contributed by atoms with Crippen molar-refractivity contribution < 1.29 is 9.90 Å². The lowest BCUT2D eigenvalue weighted by atomic mass is 9.93. The summed E-state index contributed by atoms with van der Waals surface area (Å²) in [6.45, 7) is 0. The highest BCUT2D eigenvalue weighted by Gasteiger charge is 2.16. The zero-order valence-electron chi connectivity index (χ0n) is 12.5. The van der Waals surface area contributed by atoms with E-state index in [2.05, 4.69) is 28.1 Å². The van der Waals surface area contributed by atoms with E-state index in [1.54, 1.807) is 0 Å². The van der Waals surface area contributed by atoms with Gasteiger partial charge in [0.15, 0.2) is 0 Å². The van der Waals surface area contributed by atoms with Crippen molar-refractivity contribution in [2.75, 3.05) is 0 Å². The number of aliphatic carboxylic acids is 1. The highest BCUT2D eigenvalue weighted by atomic mass is 79.9. The van der Waals surface area contributed by atoms with Gasteiger partial charge in [-0.1, -0.05) is 58.4 Å². The minimum absolute atomic E-state index is 0.257. The van der Waals surface area contributed by atoms with Gasteiger partial charge in [0.25, 0.3) is 0 Å². The third-order valence-electron chi connectivity index (χ3n) is 3.90. The summed E-state index contributed by atoms with van der Waals surface area (Å²) < 4.78 is 1.05. The topological polar surface area (TPSA) is 37.3 Å². The van der Waals surface area contributed by atoms with Gasteiger partial charge in [0, 0.05) is 4.47 Å². The zero-order chi connectivity index (χ0) is 15.8. The van der Waals surface area contributed by atoms with Gasteiger partial charge in [0.05, 0.1) is 5.92 Å². The van der Waals surface area contributed by atoms with E-state index in [4.69, 9.17) is 0 Å². The smallest absolute Gasteiger partial charge is 0.306 e. The summed E-state index contributed by atoms with van der Waals surface area (Å²) >= 11 is 3.41. The molecule has 0 amide bonds. The number of carboxylic acids is 1. The first kappa shape index (κ1) is 16.8. The number of carbonyl (C=O) groups is 1. The number of hydrogen-bond acceptors (Lipinski definition) is 1. The standard InChI is InChI=1S/C19H21BrO2/c20-18-13-10-16(11-14-18)9-12-17(19(21)22)8-4-7-15-5-2-1-3-6-15/h1-3,5-6,10-11,13-14,17H,4,7-9,12H2,(H,21,22). The lowest BCUT2D eigenvalue weighted by molar-refractivity contribution is -0.142. The Morgan fingerprint density at radius 3 is 2.18 bits per heavy atom. The fourth-order valence-corrected chi connectivity index (χ4v) is 2.84. The molecule has 0 aliphatic heterocycles. The summed E-state index contributed by atoms with van der Waals surface area (Å²) in [7, 11) is 0. The Balaban J connectivity index is 1.79. The van der Waals surface area contributed by atoms with Crippen LogP contribution >= 0.6 is 15.9 Å². The van der Waals surface area contributed by atoms with E-state index < -0.39 is 5.97 Å². The fraction of sp³-hybridized carbons (Fsp3) is 0.316. The van der Waals surface area contributed by atoms with Crippen LogP contribution in [-0.2, 0) is 17.6 Å². The number of aryl methyl sites for hydroxylation is 2. The average molecular weight is 361 g/mol. The van der Waals surface area contributed by atoms with Crippen LogP contribution in [0.3, 0.4) is 0 Å². The van der Waals surface area contributed by atoms with E-state index in [0.717, 1.165) is 30.2 Å². The number of halogens is 1. The maximum absolute atomic E-state index is 11.4. The molecule has 2 nitrogen and oxygen atoms in total. The molecular weight excluding hydrogens is 340 g/mol. The van der Waals surface area contributed by atoms with E-state index in [1.165, 1.54) is 11.1 Å². The number of rotatable bonds is 8. The molecule has 116 valence electrons. The monoisotopic (exact) mass is 360 g/mol. The predicted molar refractivity (Wildman–Crippen MR) is 93.0 cm³/mol. The highest BCUT2D eigenvalue weighted by molar-refractivity contribution is 9.10. The Morgan fingerprint density at radius 1 is 0.909 bits per heavy atom. The number of benzene rings is 2. The summed E-state index contributed by atoms with van der Waals surface area (Å²) in [4.78, 5) is 11.4. The van der Waals surface area contributed by atoms with Crippen LogP contribution in [0.4, 0.5) is 0 Å². The van der Waals surface area contributed by atoms with Crippen molar-refractivity contribution in [1.82, 2.24) is 0 Å². The van der Waals surface area contributed by atoms with Gasteiger partial charge in [-0.15, -0.1) is 0 Å². The summed E-state index contributed by atoms with van der Waals surface area (Å²) in [6, 6.07) is 18.3. The van der Waals surface area contributed by atoms with Crippen LogP contribution in [0, 0.1) is 5.92 Å². The minimum atomic E-state index is -0.676. The second kappa shape index (κ2) is 8.74. The summed E-state index contributed by atoms with van der Waals surface area (Å²) in [5.41, 5.74) is 2.47. The molecule has 0 aliphatic carbocycles. The molecule has 2 aromatic rings. The molecule has 3 heteroatoms. The highest BCUT2D eigenvalue weighted by Crippen LogP contribution is 2.19. The van der Waals surface area contributed by atoms with Crippen molar-refractivity contribution in [3.8, 4) is 0 Å². The Kier molecular flexibility index (Phi) is 6.66. The number of hydrogen-bond donors (Lipinski definition) is 1. The van der Waals surface area contributed by atoms with Crippen molar-refractivity contribution in [2.45, 2.75) is 32.1 Å². The molecule has 0 aromatic heterocycles. The maximum Gasteiger partial charge on any atom is 0.306 e. The quantitative estimate of drug-likeness (QED) is 0.710. The van der Waals surface area contributed by atoms with Crippen molar-refractivity contribution in [2.24, 2.45) is 5.92 Å². The van der Waals surface area contributed by atoms with Crippen molar-refractivity contribution >= 4 is 21.9 Å². The average Bonchev–Trinajstić information content (AvgIpc) is 2.53. The largest absolute Gasteiger partial charge is 0.481 e. The van der Waals surface area contributed by atoms with Crippen molar-refractivity contribution in [1.29, 1.82) is 0 Å². The van der Waals surface area contributed by atoms with Gasteiger partial charge < -0.3 is 5.11 Å². The molecule has 0 heterocycles. The van der Waals surface area contributed by atoms with Crippen LogP contribution in [0.25, 0.3) is 0 Å². The fourth-order valence-electron chi connectivity index (χ4n) is 2.58. The molecule has 0 aliphatic rings. The van der Waals surface area contributed by atoms with Crippen LogP contribution in [0.15, 0.2) is 59.1 Å². The Hall–Kier alpha value is -1.61. The molecule has 2 aromatic carbocycles. The molecule has 1 N–H and O–H groups in total. The van der Waals surface area contributed by atoms with E-state index in [0.29, 0.717) is 6.42 Å². The van der Waals surface area contributed by atoms with Gasteiger partial charge in [-0.3, -0.25) is 4.79 Å². The first-order valence-electron chi connectivity index (χ1n) is 7.66. The van der Waals surface area contributed by atoms with Crippen LogP contribution in [0.1, 0.15) is 30.4 Å². The van der Waals surface area contributed by atoms with Crippen LogP contribution in [0.5, 0.6) is 0 Å². The van der Waals surface area contributed by atoms with Crippen molar-refractivity contribution in [3.63, 3.8) is 0 Å². The van der Waals surface area contributed by atoms with Crippen molar-refractivity contribution in [3.05, 3.63) is 70.2 Å². The minimum Gasteiger partial charge on any atom is -0.481 e. The van der Waals surface area contributed by atoms with Crippen LogP contribution in [-0.4, -0.2) is 11.1 Å². The van der Waals surface area contributed by atoms with Gasteiger partial charge in [0.2, 0.25) is 0 Å². The predicted octanol–water partition coefficient (Wildman–Crippen LogP) is 5.11. The third-order valence-corrected chi connectivity index (χ3v) is 4.43. The Bertz CT molecular complexity index is 578. The van der Waals surface area contributed by atoms with E-state index >= 15 is 0 Å². The summed E-state index contributed by atoms with van der Waals surface area (Å²) in [5, 5.41) is 9.39. The molecule has 1 atom stereocenters. The Morgan fingerprint density at radius 2 is 1.55 bits per heavy atom. The van der Waals surface area contributed by atoms with Crippen LogP contribution < -0.4 is 0 Å². The molecule has 0 fully saturated rings. The van der Waals surface area contributed by atoms with E-state index in [1.807, 2.05) is 42.5 Å². The second-order valence-corrected chi connectivity index (χ2v) is 6.49. The van der Waals surface area contributed by atoms with Gasteiger partial charge in [-0.2, -0.15) is 0 Å². The molecule has 22 heavy (non-hydrogen) atoms. The number of carboxylic acid groups (broad SMARTS) is 1. The van der Waals surface area contributed by atoms with Crippen LogP contribution in [0.2, 0.25) is 0 Å². The molecule has 0 bridgehead atoms. The summed E-state index contributed by atoms with van der Waals surface area (Å²) in [5.74, 6) is -0.933. The zero-order valence-corrected chi connectivity index (χ0v) is 14.1. The molecule has 0 spiro atoms. The lowest BCUT2D eigenvalue weighted by Crippen LogP contribution is -2.15. The molecule has 0 saturated carbocycles. The summed E-state index contributed by atoms with van der Waals surface area (Å²) in [6.07, 6.45) is 4.12. The van der Waals surface area contributed by atoms with E-state index in [9.17, 15) is 9.90 Å².